The Morgan fingerprint density at radius 2 is 1.75 bits per heavy atom. The average Bonchev–Trinajstić information content (AvgIpc) is 2.71. The Bertz CT molecular complexity index is 950. The summed E-state index contributed by atoms with van der Waals surface area (Å²) in [5, 5.41) is 5.38. The third kappa shape index (κ3) is 8.75. The van der Waals surface area contributed by atoms with Crippen LogP contribution in [0.5, 0.6) is 0 Å². The molecular weight excluding hydrogens is 427 g/mol. The summed E-state index contributed by atoms with van der Waals surface area (Å²) in [4.78, 5) is 25.0. The number of rotatable bonds is 8. The zero-order valence-corrected chi connectivity index (χ0v) is 20.0. The van der Waals surface area contributed by atoms with E-state index >= 15 is 0 Å². The fourth-order valence-electron chi connectivity index (χ4n) is 2.69. The number of amides is 2. The second kappa shape index (κ2) is 11.7. The lowest BCUT2D eigenvalue weighted by Crippen LogP contribution is -2.32. The van der Waals surface area contributed by atoms with Crippen LogP contribution in [0, 0.1) is 0 Å². The quantitative estimate of drug-likeness (QED) is 0.441. The summed E-state index contributed by atoms with van der Waals surface area (Å²) in [6, 6.07) is 14.8. The Hall–Kier alpha value is -2.80. The molecule has 7 heteroatoms. The topological polar surface area (TPSA) is 67.4 Å². The monoisotopic (exact) mass is 458 g/mol. The molecule has 2 aromatic carbocycles. The highest BCUT2D eigenvalue weighted by atomic mass is 32.2. The van der Waals surface area contributed by atoms with E-state index in [0.29, 0.717) is 22.1 Å². The molecule has 0 unspecified atom stereocenters. The molecule has 32 heavy (non-hydrogen) atoms. The molecule has 0 spiro atoms. The number of alkyl carbamates (subject to hydrolysis) is 1. The number of nitrogens with one attached hydrogen (secondary N) is 2. The number of hydrogen-bond acceptors (Lipinski definition) is 4. The van der Waals surface area contributed by atoms with Crippen LogP contribution in [0.25, 0.3) is 0 Å². The lowest BCUT2D eigenvalue weighted by atomic mass is 10.0. The maximum Gasteiger partial charge on any atom is 0.407 e. The van der Waals surface area contributed by atoms with Crippen LogP contribution in [0.15, 0.2) is 65.3 Å². The summed E-state index contributed by atoms with van der Waals surface area (Å²) >= 11 is 1.22. The number of ether oxygens (including phenoxy) is 1. The van der Waals surface area contributed by atoms with E-state index in [4.69, 9.17) is 4.74 Å². The maximum absolute atomic E-state index is 14.2. The Morgan fingerprint density at radius 1 is 1.09 bits per heavy atom. The molecule has 0 aromatic heterocycles. The first-order chi connectivity index (χ1) is 15.0. The predicted octanol–water partition coefficient (Wildman–Crippen LogP) is 6.53. The van der Waals surface area contributed by atoms with Gasteiger partial charge < -0.3 is 15.4 Å². The van der Waals surface area contributed by atoms with E-state index in [1.54, 1.807) is 39.0 Å². The van der Waals surface area contributed by atoms with Crippen LogP contribution >= 0.6 is 11.8 Å². The summed E-state index contributed by atoms with van der Waals surface area (Å²) in [5.41, 5.74) is 1.77. The fourth-order valence-corrected chi connectivity index (χ4v) is 3.60. The van der Waals surface area contributed by atoms with Crippen LogP contribution in [0.1, 0.15) is 56.5 Å². The van der Waals surface area contributed by atoms with E-state index in [0.717, 1.165) is 0 Å². The molecule has 5 nitrogen and oxygen atoms in total. The molecule has 0 saturated heterocycles. The molecule has 2 amide bonds. The van der Waals surface area contributed by atoms with Gasteiger partial charge in [-0.1, -0.05) is 38.1 Å². The molecular formula is C25H31FN2O3S. The van der Waals surface area contributed by atoms with Crippen molar-refractivity contribution in [3.05, 3.63) is 71.6 Å². The average molecular weight is 459 g/mol. The van der Waals surface area contributed by atoms with Gasteiger partial charge in [0.2, 0.25) is 0 Å². The summed E-state index contributed by atoms with van der Waals surface area (Å²) in [6.07, 6.45) is 0.688. The first-order valence-electron chi connectivity index (χ1n) is 10.5. The standard InChI is InChI=1S/C25H31FN2O3S/c1-17(2)18-10-12-20(13-11-18)28-23(29)21-8-6-7-9-22(21)32-16-19(26)14-15-27-24(30)31-25(3,4)5/h6-14,17H,15-16H2,1-5H3,(H,27,30)(H,28,29)/b19-14-. The number of halogens is 1. The summed E-state index contributed by atoms with van der Waals surface area (Å²) in [6.45, 7) is 9.52. The van der Waals surface area contributed by atoms with Crippen molar-refractivity contribution in [1.82, 2.24) is 5.32 Å². The molecule has 172 valence electrons. The zero-order valence-electron chi connectivity index (χ0n) is 19.2. The first kappa shape index (κ1) is 25.5. The van der Waals surface area contributed by atoms with Crippen molar-refractivity contribution in [2.45, 2.75) is 51.0 Å². The van der Waals surface area contributed by atoms with Gasteiger partial charge in [-0.05, 0) is 62.6 Å². The van der Waals surface area contributed by atoms with Crippen molar-refractivity contribution in [3.63, 3.8) is 0 Å². The SMILES string of the molecule is CC(C)c1ccc(NC(=O)c2ccccc2SC/C(F)=C/CNC(=O)OC(C)(C)C)cc1. The third-order valence-corrected chi connectivity index (χ3v) is 5.39. The number of anilines is 1. The first-order valence-corrected chi connectivity index (χ1v) is 11.5. The molecule has 0 fully saturated rings. The Labute approximate surface area is 193 Å². The minimum atomic E-state index is -0.608. The Kier molecular flexibility index (Phi) is 9.32. The van der Waals surface area contributed by atoms with Gasteiger partial charge in [-0.2, -0.15) is 0 Å². The highest BCUT2D eigenvalue weighted by Gasteiger charge is 2.15. The van der Waals surface area contributed by atoms with Crippen LogP contribution in [0.2, 0.25) is 0 Å². The van der Waals surface area contributed by atoms with Crippen molar-refractivity contribution < 1.29 is 18.7 Å². The molecule has 0 radical (unpaired) electrons. The molecule has 0 saturated carbocycles. The van der Waals surface area contributed by atoms with Crippen LogP contribution in [-0.4, -0.2) is 29.9 Å². The van der Waals surface area contributed by atoms with Crippen molar-refractivity contribution in [3.8, 4) is 0 Å². The van der Waals surface area contributed by atoms with Crippen LogP contribution in [0.4, 0.5) is 14.9 Å². The van der Waals surface area contributed by atoms with Gasteiger partial charge in [-0.3, -0.25) is 4.79 Å². The second-order valence-electron chi connectivity index (χ2n) is 8.55. The van der Waals surface area contributed by atoms with E-state index in [1.165, 1.54) is 23.4 Å². The van der Waals surface area contributed by atoms with Crippen LogP contribution in [0.3, 0.4) is 0 Å². The molecule has 0 bridgehead atoms. The highest BCUT2D eigenvalue weighted by molar-refractivity contribution is 7.99. The smallest absolute Gasteiger partial charge is 0.407 e. The summed E-state index contributed by atoms with van der Waals surface area (Å²) in [5.74, 6) is -0.185. The van der Waals surface area contributed by atoms with Gasteiger partial charge in [0.15, 0.2) is 0 Å². The van der Waals surface area contributed by atoms with Crippen LogP contribution in [-0.2, 0) is 4.74 Å². The maximum atomic E-state index is 14.2. The lowest BCUT2D eigenvalue weighted by Gasteiger charge is -2.19. The van der Waals surface area contributed by atoms with Gasteiger partial charge in [-0.15, -0.1) is 11.8 Å². The third-order valence-electron chi connectivity index (χ3n) is 4.30. The molecule has 2 aromatic rings. The zero-order chi connectivity index (χ0) is 23.7. The van der Waals surface area contributed by atoms with Crippen molar-refractivity contribution >= 4 is 29.4 Å². The lowest BCUT2D eigenvalue weighted by molar-refractivity contribution is 0.0533. The Morgan fingerprint density at radius 3 is 2.38 bits per heavy atom. The van der Waals surface area contributed by atoms with Crippen molar-refractivity contribution in [2.75, 3.05) is 17.6 Å². The number of carbonyl (C=O) groups is 2. The minimum Gasteiger partial charge on any atom is -0.444 e. The highest BCUT2D eigenvalue weighted by Crippen LogP contribution is 2.26. The molecule has 2 N–H and O–H groups in total. The number of thioether (sulfide) groups is 1. The summed E-state index contributed by atoms with van der Waals surface area (Å²) < 4.78 is 19.3. The molecule has 0 atom stereocenters. The largest absolute Gasteiger partial charge is 0.444 e. The van der Waals surface area contributed by atoms with Gasteiger partial charge >= 0.3 is 6.09 Å². The van der Waals surface area contributed by atoms with Gasteiger partial charge in [0, 0.05) is 22.9 Å². The van der Waals surface area contributed by atoms with E-state index in [1.807, 2.05) is 30.3 Å². The molecule has 2 rings (SSSR count). The van der Waals surface area contributed by atoms with Gasteiger partial charge in [0.05, 0.1) is 5.56 Å². The van der Waals surface area contributed by atoms with Gasteiger partial charge in [0.1, 0.15) is 11.4 Å². The molecule has 0 aliphatic rings. The normalized spacial score (nSPS) is 11.9. The van der Waals surface area contributed by atoms with E-state index in [2.05, 4.69) is 24.5 Å². The van der Waals surface area contributed by atoms with Crippen molar-refractivity contribution in [2.24, 2.45) is 0 Å². The second-order valence-corrected chi connectivity index (χ2v) is 9.57. The van der Waals surface area contributed by atoms with Crippen molar-refractivity contribution in [1.29, 1.82) is 0 Å². The number of carbonyl (C=O) groups excluding carboxylic acids is 2. The van der Waals surface area contributed by atoms with E-state index in [9.17, 15) is 14.0 Å². The number of benzene rings is 2. The summed E-state index contributed by atoms with van der Waals surface area (Å²) in [7, 11) is 0. The minimum absolute atomic E-state index is 0.0236. The molecule has 0 heterocycles. The fraction of sp³-hybridized carbons (Fsp3) is 0.360. The van der Waals surface area contributed by atoms with Gasteiger partial charge in [0.25, 0.3) is 5.91 Å². The molecule has 0 aliphatic carbocycles. The van der Waals surface area contributed by atoms with E-state index < -0.39 is 17.5 Å². The van der Waals surface area contributed by atoms with Crippen LogP contribution < -0.4 is 10.6 Å². The Balaban J connectivity index is 1.93. The number of hydrogen-bond donors (Lipinski definition) is 2. The predicted molar refractivity (Wildman–Crippen MR) is 129 cm³/mol. The van der Waals surface area contributed by atoms with Gasteiger partial charge in [-0.25, -0.2) is 9.18 Å². The van der Waals surface area contributed by atoms with E-state index in [-0.39, 0.29) is 18.2 Å². The molecule has 0 aliphatic heterocycles.